The van der Waals surface area contributed by atoms with Crippen molar-refractivity contribution in [3.63, 3.8) is 0 Å². The van der Waals surface area contributed by atoms with Crippen LogP contribution in [0.3, 0.4) is 0 Å². The van der Waals surface area contributed by atoms with Crippen LogP contribution in [0.2, 0.25) is 0 Å². The Morgan fingerprint density at radius 3 is 2.54 bits per heavy atom. The molecule has 0 spiro atoms. The molecule has 0 amide bonds. The van der Waals surface area contributed by atoms with Crippen LogP contribution in [0, 0.1) is 5.92 Å². The van der Waals surface area contributed by atoms with Crippen LogP contribution >= 0.6 is 0 Å². The van der Waals surface area contributed by atoms with Crippen molar-refractivity contribution in [2.24, 2.45) is 5.92 Å². The highest BCUT2D eigenvalue weighted by molar-refractivity contribution is 7.91. The minimum Gasteiger partial charge on any atom is -0.390 e. The fourth-order valence-electron chi connectivity index (χ4n) is 3.38. The van der Waals surface area contributed by atoms with E-state index >= 15 is 0 Å². The zero-order valence-corrected chi connectivity index (χ0v) is 14.7. The molecule has 1 fully saturated rings. The summed E-state index contributed by atoms with van der Waals surface area (Å²) in [5.41, 5.74) is 0.815. The van der Waals surface area contributed by atoms with E-state index in [1.165, 1.54) is 0 Å². The lowest BCUT2D eigenvalue weighted by Gasteiger charge is -2.36. The monoisotopic (exact) mass is 345 g/mol. The largest absolute Gasteiger partial charge is 0.390 e. The van der Waals surface area contributed by atoms with Gasteiger partial charge in [0.2, 0.25) is 0 Å². The molecule has 1 aromatic heterocycles. The normalized spacial score (nSPS) is 24.7. The van der Waals surface area contributed by atoms with Gasteiger partial charge >= 0.3 is 0 Å². The Morgan fingerprint density at radius 1 is 1.17 bits per heavy atom. The number of hydrogen-bond donors (Lipinski definition) is 1. The molecule has 0 aliphatic heterocycles. The van der Waals surface area contributed by atoms with E-state index in [2.05, 4.69) is 4.98 Å². The highest BCUT2D eigenvalue weighted by Crippen LogP contribution is 2.35. The summed E-state index contributed by atoms with van der Waals surface area (Å²) in [6.45, 7) is 1.76. The Hall–Kier alpha value is -1.72. The number of sulfone groups is 1. The summed E-state index contributed by atoms with van der Waals surface area (Å²) in [4.78, 5) is 4.58. The van der Waals surface area contributed by atoms with Crippen molar-refractivity contribution in [2.45, 2.75) is 43.1 Å². The maximum absolute atomic E-state index is 12.7. The molecule has 1 N–H and O–H groups in total. The first-order chi connectivity index (χ1) is 11.4. The number of pyridine rings is 1. The van der Waals surface area contributed by atoms with Gasteiger partial charge in [-0.2, -0.15) is 0 Å². The van der Waals surface area contributed by atoms with Crippen LogP contribution < -0.4 is 0 Å². The maximum atomic E-state index is 12.7. The van der Waals surface area contributed by atoms with Gasteiger partial charge < -0.3 is 5.11 Å². The fraction of sp³-hybridized carbons (Fsp3) is 0.421. The van der Waals surface area contributed by atoms with Gasteiger partial charge in [-0.1, -0.05) is 31.0 Å². The van der Waals surface area contributed by atoms with Gasteiger partial charge in [-0.25, -0.2) is 8.42 Å². The van der Waals surface area contributed by atoms with E-state index in [0.29, 0.717) is 11.3 Å². The summed E-state index contributed by atoms with van der Waals surface area (Å²) in [5, 5.41) is 10.5. The van der Waals surface area contributed by atoms with Crippen molar-refractivity contribution in [1.29, 1.82) is 0 Å². The predicted octanol–water partition coefficient (Wildman–Crippen LogP) is 3.46. The van der Waals surface area contributed by atoms with Gasteiger partial charge in [-0.05, 0) is 44.0 Å². The first-order valence-corrected chi connectivity index (χ1v) is 10.0. The van der Waals surface area contributed by atoms with Gasteiger partial charge in [0.15, 0.2) is 9.84 Å². The van der Waals surface area contributed by atoms with Crippen LogP contribution in [0.15, 0.2) is 53.6 Å². The number of benzene rings is 1. The van der Waals surface area contributed by atoms with Crippen LogP contribution in [0.1, 0.15) is 32.6 Å². The zero-order chi connectivity index (χ0) is 17.2. The van der Waals surface area contributed by atoms with Crippen molar-refractivity contribution in [3.05, 3.63) is 48.7 Å². The summed E-state index contributed by atoms with van der Waals surface area (Å²) in [7, 11) is -3.41. The lowest BCUT2D eigenvalue weighted by molar-refractivity contribution is -0.0225. The minimum absolute atomic E-state index is 0.00291. The van der Waals surface area contributed by atoms with Crippen LogP contribution in [-0.4, -0.2) is 29.9 Å². The van der Waals surface area contributed by atoms with Crippen molar-refractivity contribution < 1.29 is 13.5 Å². The van der Waals surface area contributed by atoms with Crippen molar-refractivity contribution in [1.82, 2.24) is 4.98 Å². The molecule has 128 valence electrons. The smallest absolute Gasteiger partial charge is 0.178 e. The Morgan fingerprint density at radius 2 is 1.92 bits per heavy atom. The third kappa shape index (κ3) is 3.68. The Kier molecular flexibility index (Phi) is 4.74. The van der Waals surface area contributed by atoms with Crippen molar-refractivity contribution in [2.75, 3.05) is 5.75 Å². The molecule has 1 heterocycles. The number of rotatable bonds is 4. The topological polar surface area (TPSA) is 67.3 Å². The van der Waals surface area contributed by atoms with E-state index in [-0.39, 0.29) is 11.7 Å². The van der Waals surface area contributed by atoms with Crippen molar-refractivity contribution >= 4 is 9.84 Å². The lowest BCUT2D eigenvalue weighted by atomic mass is 9.78. The minimum atomic E-state index is -3.41. The number of nitrogens with zero attached hydrogens (tertiary/aromatic N) is 1. The van der Waals surface area contributed by atoms with Crippen LogP contribution in [0.5, 0.6) is 0 Å². The van der Waals surface area contributed by atoms with Gasteiger partial charge in [0.25, 0.3) is 0 Å². The second kappa shape index (κ2) is 6.65. The molecule has 0 saturated heterocycles. The molecule has 3 rings (SSSR count). The van der Waals surface area contributed by atoms with E-state index in [0.717, 1.165) is 30.5 Å². The van der Waals surface area contributed by atoms with E-state index in [1.54, 1.807) is 37.4 Å². The Balaban J connectivity index is 1.80. The fourth-order valence-corrected chi connectivity index (χ4v) is 5.18. The number of aromatic nitrogens is 1. The molecule has 2 unspecified atom stereocenters. The first-order valence-electron chi connectivity index (χ1n) is 8.35. The highest BCUT2D eigenvalue weighted by atomic mass is 32.2. The predicted molar refractivity (Wildman–Crippen MR) is 94.3 cm³/mol. The molecule has 0 bridgehead atoms. The summed E-state index contributed by atoms with van der Waals surface area (Å²) in [5.74, 6) is -0.199. The molecule has 4 nitrogen and oxygen atoms in total. The second-order valence-electron chi connectivity index (χ2n) is 6.82. The van der Waals surface area contributed by atoms with Crippen molar-refractivity contribution in [3.8, 4) is 11.3 Å². The summed E-state index contributed by atoms with van der Waals surface area (Å²) >= 11 is 0. The van der Waals surface area contributed by atoms with Crippen LogP contribution in [0.25, 0.3) is 11.3 Å². The standard InChI is InChI=1S/C19H23NO3S/c1-19(21)12-4-2-6-16(19)14-24(22,23)17-10-8-15(9-11-17)18-7-3-5-13-20-18/h3,5,7-11,13,16,21H,2,4,6,12,14H2,1H3. The van der Waals surface area contributed by atoms with Gasteiger partial charge in [0.1, 0.15) is 0 Å². The average molecular weight is 345 g/mol. The van der Waals surface area contributed by atoms with Crippen LogP contribution in [-0.2, 0) is 9.84 Å². The van der Waals surface area contributed by atoms with E-state index in [4.69, 9.17) is 0 Å². The van der Waals surface area contributed by atoms with Crippen LogP contribution in [0.4, 0.5) is 0 Å². The molecular formula is C19H23NO3S. The van der Waals surface area contributed by atoms with E-state index < -0.39 is 15.4 Å². The molecule has 1 aromatic carbocycles. The molecule has 1 saturated carbocycles. The molecule has 1 aliphatic carbocycles. The summed E-state index contributed by atoms with van der Waals surface area (Å²) < 4.78 is 25.4. The van der Waals surface area contributed by atoms with Gasteiger partial charge in [0, 0.05) is 17.7 Å². The van der Waals surface area contributed by atoms with Gasteiger partial charge in [-0.3, -0.25) is 4.98 Å². The molecule has 2 aromatic rings. The summed E-state index contributed by atoms with van der Waals surface area (Å²) in [6, 6.07) is 12.5. The second-order valence-corrected chi connectivity index (χ2v) is 8.85. The number of aliphatic hydroxyl groups is 1. The summed E-state index contributed by atoms with van der Waals surface area (Å²) in [6.07, 6.45) is 5.09. The zero-order valence-electron chi connectivity index (χ0n) is 13.9. The lowest BCUT2D eigenvalue weighted by Crippen LogP contribution is -2.41. The molecule has 0 radical (unpaired) electrons. The SMILES string of the molecule is CC1(O)CCCCC1CS(=O)(=O)c1ccc(-c2ccccn2)cc1. The maximum Gasteiger partial charge on any atom is 0.178 e. The molecule has 1 aliphatic rings. The molecule has 2 atom stereocenters. The molecule has 5 heteroatoms. The quantitative estimate of drug-likeness (QED) is 0.921. The highest BCUT2D eigenvalue weighted by Gasteiger charge is 2.37. The molecule has 24 heavy (non-hydrogen) atoms. The average Bonchev–Trinajstić information content (AvgIpc) is 2.58. The third-order valence-electron chi connectivity index (χ3n) is 4.96. The Labute approximate surface area is 143 Å². The van der Waals surface area contributed by atoms with Gasteiger partial charge in [-0.15, -0.1) is 0 Å². The Bertz CT molecular complexity index is 783. The van der Waals surface area contributed by atoms with E-state index in [9.17, 15) is 13.5 Å². The third-order valence-corrected chi connectivity index (χ3v) is 6.79. The molecular weight excluding hydrogens is 322 g/mol. The van der Waals surface area contributed by atoms with E-state index in [1.807, 2.05) is 18.2 Å². The first kappa shape index (κ1) is 17.1. The van der Waals surface area contributed by atoms with Gasteiger partial charge in [0.05, 0.1) is 21.9 Å². The number of hydrogen-bond acceptors (Lipinski definition) is 4.